The molecule has 1 heterocycles. The summed E-state index contributed by atoms with van der Waals surface area (Å²) in [4.78, 5) is 6.69. The average Bonchev–Trinajstić information content (AvgIpc) is 2.56. The van der Waals surface area contributed by atoms with Crippen molar-refractivity contribution in [2.45, 2.75) is 6.04 Å². The molecule has 0 aliphatic rings. The lowest BCUT2D eigenvalue weighted by Crippen LogP contribution is -2.26. The van der Waals surface area contributed by atoms with Crippen LogP contribution in [0.1, 0.15) is 11.6 Å². The van der Waals surface area contributed by atoms with Crippen molar-refractivity contribution in [3.05, 3.63) is 71.4 Å². The minimum atomic E-state index is 0.263. The Hall–Kier alpha value is -2.10. The second kappa shape index (κ2) is 6.99. The summed E-state index contributed by atoms with van der Waals surface area (Å²) in [5, 5.41) is 5.40. The van der Waals surface area contributed by atoms with Gasteiger partial charge in [-0.3, -0.25) is 4.98 Å². The minimum Gasteiger partial charge on any atom is -0.382 e. The zero-order valence-corrected chi connectivity index (χ0v) is 14.1. The van der Waals surface area contributed by atoms with Gasteiger partial charge in [0.25, 0.3) is 0 Å². The van der Waals surface area contributed by atoms with Gasteiger partial charge in [0.1, 0.15) is 0 Å². The maximum atomic E-state index is 5.99. The fourth-order valence-electron chi connectivity index (χ4n) is 2.67. The molecule has 3 rings (SSSR count). The first-order chi connectivity index (χ1) is 11.1. The molecule has 3 aromatic rings. The van der Waals surface area contributed by atoms with Gasteiger partial charge in [-0.05, 0) is 43.9 Å². The van der Waals surface area contributed by atoms with Crippen LogP contribution in [0.2, 0.25) is 5.02 Å². The zero-order valence-electron chi connectivity index (χ0n) is 13.3. The number of anilines is 1. The van der Waals surface area contributed by atoms with Gasteiger partial charge in [-0.25, -0.2) is 0 Å². The number of benzene rings is 2. The SMILES string of the molecule is CN(C)C(CNc1cnc2ccccc2c1)c1ccc(Cl)cc1. The molecule has 23 heavy (non-hydrogen) atoms. The highest BCUT2D eigenvalue weighted by atomic mass is 35.5. The van der Waals surface area contributed by atoms with E-state index in [4.69, 9.17) is 11.6 Å². The number of aromatic nitrogens is 1. The summed E-state index contributed by atoms with van der Waals surface area (Å²) in [6.45, 7) is 0.800. The van der Waals surface area contributed by atoms with Crippen molar-refractivity contribution in [2.75, 3.05) is 26.0 Å². The van der Waals surface area contributed by atoms with Crippen LogP contribution in [0.5, 0.6) is 0 Å². The quantitative estimate of drug-likeness (QED) is 0.743. The first-order valence-electron chi connectivity index (χ1n) is 7.64. The summed E-state index contributed by atoms with van der Waals surface area (Å²) in [6, 6.07) is 18.6. The Kier molecular flexibility index (Phi) is 4.79. The van der Waals surface area contributed by atoms with Crippen molar-refractivity contribution in [1.82, 2.24) is 9.88 Å². The molecule has 1 N–H and O–H groups in total. The standard InChI is InChI=1S/C19H20ClN3/c1-23(2)19(14-7-9-16(20)10-8-14)13-21-17-11-15-5-3-4-6-18(15)22-12-17/h3-12,19,21H,13H2,1-2H3. The summed E-state index contributed by atoms with van der Waals surface area (Å²) in [7, 11) is 4.17. The van der Waals surface area contributed by atoms with E-state index in [1.165, 1.54) is 5.56 Å². The van der Waals surface area contributed by atoms with Gasteiger partial charge >= 0.3 is 0 Å². The van der Waals surface area contributed by atoms with E-state index in [0.717, 1.165) is 28.2 Å². The zero-order chi connectivity index (χ0) is 16.2. The number of hydrogen-bond acceptors (Lipinski definition) is 3. The molecule has 3 nitrogen and oxygen atoms in total. The third-order valence-corrected chi connectivity index (χ3v) is 4.22. The van der Waals surface area contributed by atoms with Crippen LogP contribution in [0.4, 0.5) is 5.69 Å². The Bertz CT molecular complexity index is 784. The fraction of sp³-hybridized carbons (Fsp3) is 0.211. The van der Waals surface area contributed by atoms with Gasteiger partial charge in [-0.1, -0.05) is 41.9 Å². The number of nitrogens with one attached hydrogen (secondary N) is 1. The largest absolute Gasteiger partial charge is 0.382 e. The van der Waals surface area contributed by atoms with Crippen LogP contribution in [0, 0.1) is 0 Å². The first kappa shape index (κ1) is 15.8. The van der Waals surface area contributed by atoms with E-state index in [0.29, 0.717) is 0 Å². The molecule has 4 heteroatoms. The number of halogens is 1. The Labute approximate surface area is 141 Å². The molecular weight excluding hydrogens is 306 g/mol. The number of para-hydroxylation sites is 1. The van der Waals surface area contributed by atoms with Crippen LogP contribution in [0.25, 0.3) is 10.9 Å². The first-order valence-corrected chi connectivity index (χ1v) is 8.02. The molecule has 0 amide bonds. The third-order valence-electron chi connectivity index (χ3n) is 3.97. The summed E-state index contributed by atoms with van der Waals surface area (Å²) >= 11 is 5.99. The van der Waals surface area contributed by atoms with Gasteiger partial charge in [0, 0.05) is 17.0 Å². The average molecular weight is 326 g/mol. The monoisotopic (exact) mass is 325 g/mol. The van der Waals surface area contributed by atoms with Crippen molar-refractivity contribution in [1.29, 1.82) is 0 Å². The van der Waals surface area contributed by atoms with E-state index in [9.17, 15) is 0 Å². The number of pyridine rings is 1. The number of fused-ring (bicyclic) bond motifs is 1. The minimum absolute atomic E-state index is 0.263. The maximum absolute atomic E-state index is 5.99. The summed E-state index contributed by atoms with van der Waals surface area (Å²) in [5.74, 6) is 0. The lowest BCUT2D eigenvalue weighted by Gasteiger charge is -2.25. The number of nitrogens with zero attached hydrogens (tertiary/aromatic N) is 2. The molecule has 0 spiro atoms. The van der Waals surface area contributed by atoms with Gasteiger partial charge in [-0.15, -0.1) is 0 Å². The Morgan fingerprint density at radius 3 is 2.57 bits per heavy atom. The van der Waals surface area contributed by atoms with E-state index in [1.807, 2.05) is 36.5 Å². The van der Waals surface area contributed by atoms with Gasteiger partial charge in [0.15, 0.2) is 0 Å². The van der Waals surface area contributed by atoms with Crippen LogP contribution in [0.15, 0.2) is 60.8 Å². The molecule has 1 aromatic heterocycles. The van der Waals surface area contributed by atoms with Crippen LogP contribution in [0.3, 0.4) is 0 Å². The van der Waals surface area contributed by atoms with E-state index in [2.05, 4.69) is 53.6 Å². The fourth-order valence-corrected chi connectivity index (χ4v) is 2.79. The number of rotatable bonds is 5. The lowest BCUT2D eigenvalue weighted by atomic mass is 10.1. The highest BCUT2D eigenvalue weighted by molar-refractivity contribution is 6.30. The maximum Gasteiger partial charge on any atom is 0.0703 e. The van der Waals surface area contributed by atoms with E-state index in [1.54, 1.807) is 0 Å². The number of hydrogen-bond donors (Lipinski definition) is 1. The van der Waals surface area contributed by atoms with Gasteiger partial charge in [-0.2, -0.15) is 0 Å². The topological polar surface area (TPSA) is 28.2 Å². The third kappa shape index (κ3) is 3.81. The molecule has 0 bridgehead atoms. The van der Waals surface area contributed by atoms with E-state index in [-0.39, 0.29) is 6.04 Å². The van der Waals surface area contributed by atoms with Crippen molar-refractivity contribution in [3.8, 4) is 0 Å². The molecule has 2 aromatic carbocycles. The predicted molar refractivity (Wildman–Crippen MR) is 98.1 cm³/mol. The summed E-state index contributed by atoms with van der Waals surface area (Å²) in [5.41, 5.74) is 3.28. The van der Waals surface area contributed by atoms with Crippen molar-refractivity contribution in [3.63, 3.8) is 0 Å². The molecule has 0 radical (unpaired) electrons. The van der Waals surface area contributed by atoms with Crippen LogP contribution in [-0.4, -0.2) is 30.5 Å². The van der Waals surface area contributed by atoms with Gasteiger partial charge in [0.2, 0.25) is 0 Å². The molecule has 0 saturated carbocycles. The molecule has 0 fully saturated rings. The highest BCUT2D eigenvalue weighted by Gasteiger charge is 2.14. The molecule has 118 valence electrons. The van der Waals surface area contributed by atoms with E-state index < -0.39 is 0 Å². The van der Waals surface area contributed by atoms with E-state index >= 15 is 0 Å². The summed E-state index contributed by atoms with van der Waals surface area (Å²) < 4.78 is 0. The molecular formula is C19H20ClN3. The predicted octanol–water partition coefficient (Wildman–Crippen LogP) is 4.60. The molecule has 1 atom stereocenters. The summed E-state index contributed by atoms with van der Waals surface area (Å²) in [6.07, 6.45) is 1.89. The normalized spacial score (nSPS) is 12.5. The second-order valence-corrected chi connectivity index (χ2v) is 6.26. The Morgan fingerprint density at radius 2 is 1.83 bits per heavy atom. The van der Waals surface area contributed by atoms with Crippen LogP contribution >= 0.6 is 11.6 Å². The second-order valence-electron chi connectivity index (χ2n) is 5.83. The lowest BCUT2D eigenvalue weighted by molar-refractivity contribution is 0.312. The van der Waals surface area contributed by atoms with Crippen LogP contribution in [-0.2, 0) is 0 Å². The highest BCUT2D eigenvalue weighted by Crippen LogP contribution is 2.22. The Balaban J connectivity index is 1.76. The van der Waals surface area contributed by atoms with Gasteiger partial charge < -0.3 is 10.2 Å². The van der Waals surface area contributed by atoms with Crippen molar-refractivity contribution < 1.29 is 0 Å². The molecule has 0 aliphatic heterocycles. The molecule has 0 aliphatic carbocycles. The van der Waals surface area contributed by atoms with Gasteiger partial charge in [0.05, 0.1) is 23.4 Å². The molecule has 1 unspecified atom stereocenters. The van der Waals surface area contributed by atoms with Crippen LogP contribution < -0.4 is 5.32 Å². The van der Waals surface area contributed by atoms with Crippen molar-refractivity contribution in [2.24, 2.45) is 0 Å². The molecule has 0 saturated heterocycles. The Morgan fingerprint density at radius 1 is 1.09 bits per heavy atom. The number of likely N-dealkylation sites (N-methyl/N-ethyl adjacent to an activating group) is 1. The van der Waals surface area contributed by atoms with Crippen molar-refractivity contribution >= 4 is 28.2 Å². The smallest absolute Gasteiger partial charge is 0.0703 e.